The third-order valence-corrected chi connectivity index (χ3v) is 1.80. The number of hydrogen-bond acceptors (Lipinski definition) is 3. The lowest BCUT2D eigenvalue weighted by Crippen LogP contribution is -2.34. The summed E-state index contributed by atoms with van der Waals surface area (Å²) in [6.07, 6.45) is 2.31. The Hall–Kier alpha value is -1.98. The molecule has 2 amide bonds. The minimum Gasteiger partial charge on any atom is -0.355 e. The van der Waals surface area contributed by atoms with E-state index in [9.17, 15) is 14.0 Å². The maximum Gasteiger partial charge on any atom is 0.254 e. The van der Waals surface area contributed by atoms with Gasteiger partial charge >= 0.3 is 0 Å². The Labute approximate surface area is 92.1 Å². The Balaban J connectivity index is 2.41. The fourth-order valence-corrected chi connectivity index (χ4v) is 1.07. The van der Waals surface area contributed by atoms with Crippen LogP contribution in [0, 0.1) is 5.82 Å². The van der Waals surface area contributed by atoms with Gasteiger partial charge in [0.1, 0.15) is 0 Å². The molecular formula is C10H12FN3O2. The minimum atomic E-state index is -0.667. The summed E-state index contributed by atoms with van der Waals surface area (Å²) in [5, 5.41) is 4.98. The highest BCUT2D eigenvalue weighted by Gasteiger charge is 2.09. The Morgan fingerprint density at radius 3 is 2.69 bits per heavy atom. The van der Waals surface area contributed by atoms with Gasteiger partial charge in [-0.25, -0.2) is 4.39 Å². The van der Waals surface area contributed by atoms with Crippen LogP contribution in [0.3, 0.4) is 0 Å². The maximum atomic E-state index is 13.1. The molecule has 5 nitrogen and oxygen atoms in total. The molecule has 1 rings (SSSR count). The Bertz CT molecular complexity index is 395. The number of carbonyl (C=O) groups is 2. The van der Waals surface area contributed by atoms with Crippen LogP contribution in [0.4, 0.5) is 4.39 Å². The highest BCUT2D eigenvalue weighted by atomic mass is 19.1. The van der Waals surface area contributed by atoms with Crippen LogP contribution >= 0.6 is 0 Å². The molecule has 0 spiro atoms. The first kappa shape index (κ1) is 12.1. The molecule has 0 atom stereocenters. The van der Waals surface area contributed by atoms with Crippen molar-refractivity contribution in [3.8, 4) is 0 Å². The number of nitrogens with zero attached hydrogens (tertiary/aromatic N) is 1. The number of pyridine rings is 1. The SMILES string of the molecule is CC(=O)NCCNC(=O)c1ccncc1F. The van der Waals surface area contributed by atoms with Crippen molar-refractivity contribution in [1.82, 2.24) is 15.6 Å². The second-order valence-electron chi connectivity index (χ2n) is 3.09. The van der Waals surface area contributed by atoms with Crippen molar-refractivity contribution in [3.63, 3.8) is 0 Å². The first-order valence-corrected chi connectivity index (χ1v) is 4.73. The topological polar surface area (TPSA) is 71.1 Å². The van der Waals surface area contributed by atoms with Gasteiger partial charge in [-0.2, -0.15) is 0 Å². The van der Waals surface area contributed by atoms with Gasteiger partial charge in [0, 0.05) is 26.2 Å². The zero-order valence-corrected chi connectivity index (χ0v) is 8.79. The summed E-state index contributed by atoms with van der Waals surface area (Å²) in [7, 11) is 0. The zero-order chi connectivity index (χ0) is 12.0. The number of carbonyl (C=O) groups excluding carboxylic acids is 2. The van der Waals surface area contributed by atoms with Gasteiger partial charge in [0.15, 0.2) is 5.82 Å². The van der Waals surface area contributed by atoms with Crippen molar-refractivity contribution in [1.29, 1.82) is 0 Å². The van der Waals surface area contributed by atoms with E-state index in [0.29, 0.717) is 6.54 Å². The van der Waals surface area contributed by atoms with Gasteiger partial charge in [0.25, 0.3) is 5.91 Å². The molecule has 6 heteroatoms. The van der Waals surface area contributed by atoms with E-state index < -0.39 is 11.7 Å². The normalized spacial score (nSPS) is 9.62. The smallest absolute Gasteiger partial charge is 0.254 e. The Kier molecular flexibility index (Phi) is 4.38. The third-order valence-electron chi connectivity index (χ3n) is 1.80. The first-order valence-electron chi connectivity index (χ1n) is 4.73. The summed E-state index contributed by atoms with van der Waals surface area (Å²) in [6.45, 7) is 1.94. The fraction of sp³-hybridized carbons (Fsp3) is 0.300. The first-order chi connectivity index (χ1) is 7.61. The molecule has 0 aromatic carbocycles. The predicted molar refractivity (Wildman–Crippen MR) is 55.2 cm³/mol. The van der Waals surface area contributed by atoms with E-state index in [-0.39, 0.29) is 18.0 Å². The van der Waals surface area contributed by atoms with Gasteiger partial charge in [-0.3, -0.25) is 14.6 Å². The van der Waals surface area contributed by atoms with Gasteiger partial charge in [0.05, 0.1) is 11.8 Å². The molecule has 2 N–H and O–H groups in total. The molecular weight excluding hydrogens is 213 g/mol. The van der Waals surface area contributed by atoms with Crippen LogP contribution in [0.1, 0.15) is 17.3 Å². The molecule has 1 aromatic rings. The fourth-order valence-electron chi connectivity index (χ4n) is 1.07. The number of hydrogen-bond donors (Lipinski definition) is 2. The number of aromatic nitrogens is 1. The molecule has 0 aliphatic heterocycles. The Morgan fingerprint density at radius 1 is 1.38 bits per heavy atom. The molecule has 86 valence electrons. The van der Waals surface area contributed by atoms with Crippen molar-refractivity contribution in [2.45, 2.75) is 6.92 Å². The lowest BCUT2D eigenvalue weighted by molar-refractivity contribution is -0.118. The van der Waals surface area contributed by atoms with Gasteiger partial charge in [0.2, 0.25) is 5.91 Å². The summed E-state index contributed by atoms with van der Waals surface area (Å²) >= 11 is 0. The molecule has 0 aliphatic carbocycles. The van der Waals surface area contributed by atoms with E-state index in [1.165, 1.54) is 19.2 Å². The second kappa shape index (κ2) is 5.79. The van der Waals surface area contributed by atoms with Gasteiger partial charge < -0.3 is 10.6 Å². The largest absolute Gasteiger partial charge is 0.355 e. The third kappa shape index (κ3) is 3.64. The van der Waals surface area contributed by atoms with E-state index in [0.717, 1.165) is 6.20 Å². The summed E-state index contributed by atoms with van der Waals surface area (Å²) in [4.78, 5) is 25.5. The summed E-state index contributed by atoms with van der Waals surface area (Å²) < 4.78 is 13.1. The van der Waals surface area contributed by atoms with Gasteiger partial charge in [-0.15, -0.1) is 0 Å². The molecule has 0 aliphatic rings. The number of amides is 2. The minimum absolute atomic E-state index is 0.0576. The average Bonchev–Trinajstić information content (AvgIpc) is 2.24. The standard InChI is InChI=1S/C10H12FN3O2/c1-7(15)13-4-5-14-10(16)8-2-3-12-6-9(8)11/h2-3,6H,4-5H2,1H3,(H,13,15)(H,14,16). The average molecular weight is 225 g/mol. The number of rotatable bonds is 4. The van der Waals surface area contributed by atoms with Gasteiger partial charge in [-0.1, -0.05) is 0 Å². The molecule has 0 unspecified atom stereocenters. The monoisotopic (exact) mass is 225 g/mol. The van der Waals surface area contributed by atoms with Crippen molar-refractivity contribution in [2.24, 2.45) is 0 Å². The molecule has 0 bridgehead atoms. The molecule has 16 heavy (non-hydrogen) atoms. The highest BCUT2D eigenvalue weighted by Crippen LogP contribution is 2.03. The van der Waals surface area contributed by atoms with E-state index in [2.05, 4.69) is 15.6 Å². The molecule has 1 aromatic heterocycles. The summed E-state index contributed by atoms with van der Waals surface area (Å²) in [6, 6.07) is 1.29. The van der Waals surface area contributed by atoms with Crippen LogP contribution in [-0.4, -0.2) is 29.9 Å². The van der Waals surface area contributed by atoms with Crippen LogP contribution in [0.15, 0.2) is 18.5 Å². The maximum absolute atomic E-state index is 13.1. The van der Waals surface area contributed by atoms with Crippen molar-refractivity contribution in [2.75, 3.05) is 13.1 Å². The molecule has 1 heterocycles. The molecule has 0 saturated heterocycles. The lowest BCUT2D eigenvalue weighted by Gasteiger charge is -2.05. The number of nitrogens with one attached hydrogen (secondary N) is 2. The van der Waals surface area contributed by atoms with Gasteiger partial charge in [-0.05, 0) is 6.07 Å². The van der Waals surface area contributed by atoms with Crippen molar-refractivity contribution < 1.29 is 14.0 Å². The quantitative estimate of drug-likeness (QED) is 0.713. The van der Waals surface area contributed by atoms with Crippen molar-refractivity contribution >= 4 is 11.8 Å². The van der Waals surface area contributed by atoms with Crippen LogP contribution in [0.25, 0.3) is 0 Å². The highest BCUT2D eigenvalue weighted by molar-refractivity contribution is 5.94. The summed E-state index contributed by atoms with van der Waals surface area (Å²) in [5.41, 5.74) is -0.0576. The molecule has 0 fully saturated rings. The van der Waals surface area contributed by atoms with E-state index in [1.807, 2.05) is 0 Å². The molecule has 0 radical (unpaired) electrons. The zero-order valence-electron chi connectivity index (χ0n) is 8.79. The van der Waals surface area contributed by atoms with Crippen LogP contribution in [0.2, 0.25) is 0 Å². The van der Waals surface area contributed by atoms with Crippen LogP contribution in [-0.2, 0) is 4.79 Å². The Morgan fingerprint density at radius 2 is 2.06 bits per heavy atom. The number of halogens is 1. The van der Waals surface area contributed by atoms with Crippen LogP contribution in [0.5, 0.6) is 0 Å². The van der Waals surface area contributed by atoms with Crippen LogP contribution < -0.4 is 10.6 Å². The van der Waals surface area contributed by atoms with Crippen molar-refractivity contribution in [3.05, 3.63) is 29.8 Å². The summed E-state index contributed by atoms with van der Waals surface area (Å²) in [5.74, 6) is -1.37. The second-order valence-corrected chi connectivity index (χ2v) is 3.09. The lowest BCUT2D eigenvalue weighted by atomic mass is 10.2. The van der Waals surface area contributed by atoms with E-state index in [1.54, 1.807) is 0 Å². The predicted octanol–water partition coefficient (Wildman–Crippen LogP) is 0.0866. The molecule has 0 saturated carbocycles. The van der Waals surface area contributed by atoms with E-state index in [4.69, 9.17) is 0 Å². The van der Waals surface area contributed by atoms with E-state index >= 15 is 0 Å².